The molecule has 0 aliphatic carbocycles. The van der Waals surface area contributed by atoms with Crippen LogP contribution in [0.15, 0.2) is 36.5 Å². The molecule has 0 aliphatic rings. The normalized spacial score (nSPS) is 13.4. The quantitative estimate of drug-likeness (QED) is 0.308. The van der Waals surface area contributed by atoms with E-state index in [-0.39, 0.29) is 12.2 Å². The highest BCUT2D eigenvalue weighted by Gasteiger charge is 1.99. The van der Waals surface area contributed by atoms with Crippen LogP contribution in [0.5, 0.6) is 0 Å². The number of hydrogen-bond acceptors (Lipinski definition) is 3. The number of aliphatic hydroxyl groups is 1. The van der Waals surface area contributed by atoms with Crippen molar-refractivity contribution in [1.29, 1.82) is 0 Å². The number of rotatable bonds is 13. The molecule has 1 atom stereocenters. The summed E-state index contributed by atoms with van der Waals surface area (Å²) < 4.78 is 0. The van der Waals surface area contributed by atoms with Crippen LogP contribution in [0, 0.1) is 0 Å². The second kappa shape index (κ2) is 14.3. The van der Waals surface area contributed by atoms with Crippen LogP contribution >= 0.6 is 0 Å². The average Bonchev–Trinajstić information content (AvgIpc) is 2.49. The summed E-state index contributed by atoms with van der Waals surface area (Å²) in [5.74, 6) is -0.639. The van der Waals surface area contributed by atoms with Gasteiger partial charge in [0.05, 0.1) is 6.10 Å². The van der Waals surface area contributed by atoms with Crippen molar-refractivity contribution in [3.8, 4) is 0 Å². The van der Waals surface area contributed by atoms with Gasteiger partial charge < -0.3 is 10.2 Å². The van der Waals surface area contributed by atoms with Crippen LogP contribution in [0.25, 0.3) is 0 Å². The smallest absolute Gasteiger partial charge is 0.303 e. The highest BCUT2D eigenvalue weighted by molar-refractivity contribution is 5.89. The minimum absolute atomic E-state index is 0.0945. The van der Waals surface area contributed by atoms with E-state index in [9.17, 15) is 14.7 Å². The topological polar surface area (TPSA) is 74.6 Å². The number of unbranched alkanes of at least 4 members (excludes halogenated alkanes) is 4. The standard InChI is InChI=1S/C18H28O4/c1-2-16(19)12-8-6-7-10-14-17(20)13-9-4-3-5-11-15-18(21)22/h6-8,10,12,14,17,20H,2-5,9,11,13,15H2,1H3,(H,21,22)/b7-6-,12-8+,14-10+/t17-/m0/s1. The van der Waals surface area contributed by atoms with E-state index in [0.29, 0.717) is 12.8 Å². The Morgan fingerprint density at radius 1 is 0.955 bits per heavy atom. The lowest BCUT2D eigenvalue weighted by Gasteiger charge is -2.04. The van der Waals surface area contributed by atoms with E-state index in [1.54, 1.807) is 30.4 Å². The number of ketones is 1. The van der Waals surface area contributed by atoms with Crippen molar-refractivity contribution in [2.45, 2.75) is 64.4 Å². The van der Waals surface area contributed by atoms with Gasteiger partial charge in [-0.25, -0.2) is 0 Å². The molecule has 0 bridgehead atoms. The summed E-state index contributed by atoms with van der Waals surface area (Å²) in [6, 6.07) is 0. The Balaban J connectivity index is 3.60. The Morgan fingerprint density at radius 2 is 1.59 bits per heavy atom. The van der Waals surface area contributed by atoms with Crippen LogP contribution in [-0.4, -0.2) is 28.1 Å². The molecule has 0 unspecified atom stereocenters. The van der Waals surface area contributed by atoms with Crippen LogP contribution in [0.1, 0.15) is 58.3 Å². The number of carbonyl (C=O) groups is 2. The molecule has 0 saturated heterocycles. The minimum atomic E-state index is -0.734. The molecule has 0 radical (unpaired) electrons. The Hall–Kier alpha value is -1.68. The first-order valence-corrected chi connectivity index (χ1v) is 8.00. The summed E-state index contributed by atoms with van der Waals surface area (Å²) in [6.45, 7) is 1.82. The number of aliphatic hydroxyl groups excluding tert-OH is 1. The lowest BCUT2D eigenvalue weighted by Crippen LogP contribution is -2.01. The zero-order valence-corrected chi connectivity index (χ0v) is 13.4. The van der Waals surface area contributed by atoms with E-state index in [1.807, 2.05) is 6.92 Å². The number of carboxylic acid groups (broad SMARTS) is 1. The van der Waals surface area contributed by atoms with Crippen molar-refractivity contribution in [2.75, 3.05) is 0 Å². The van der Waals surface area contributed by atoms with E-state index in [0.717, 1.165) is 32.1 Å². The Kier molecular flexibility index (Phi) is 13.2. The van der Waals surface area contributed by atoms with Crippen LogP contribution in [0.4, 0.5) is 0 Å². The molecular formula is C18H28O4. The van der Waals surface area contributed by atoms with Gasteiger partial charge in [0.1, 0.15) is 0 Å². The van der Waals surface area contributed by atoms with Gasteiger partial charge >= 0.3 is 5.97 Å². The van der Waals surface area contributed by atoms with Crippen molar-refractivity contribution in [3.05, 3.63) is 36.5 Å². The molecular weight excluding hydrogens is 280 g/mol. The van der Waals surface area contributed by atoms with Gasteiger partial charge in [0.15, 0.2) is 5.78 Å². The van der Waals surface area contributed by atoms with Crippen LogP contribution < -0.4 is 0 Å². The van der Waals surface area contributed by atoms with Crippen molar-refractivity contribution < 1.29 is 19.8 Å². The summed E-state index contributed by atoms with van der Waals surface area (Å²) in [5.41, 5.74) is 0. The lowest BCUT2D eigenvalue weighted by molar-refractivity contribution is -0.137. The first-order chi connectivity index (χ1) is 10.6. The van der Waals surface area contributed by atoms with E-state index in [1.165, 1.54) is 6.08 Å². The number of carbonyl (C=O) groups excluding carboxylic acids is 1. The van der Waals surface area contributed by atoms with Gasteiger partial charge in [-0.2, -0.15) is 0 Å². The highest BCUT2D eigenvalue weighted by atomic mass is 16.4. The summed E-state index contributed by atoms with van der Waals surface area (Å²) in [5, 5.41) is 18.2. The maximum absolute atomic E-state index is 11.0. The molecule has 0 aromatic heterocycles. The third kappa shape index (κ3) is 14.7. The maximum atomic E-state index is 11.0. The molecule has 0 aromatic carbocycles. The summed E-state index contributed by atoms with van der Waals surface area (Å²) in [4.78, 5) is 21.3. The number of carboxylic acids is 1. The zero-order valence-electron chi connectivity index (χ0n) is 13.4. The fourth-order valence-electron chi connectivity index (χ4n) is 1.86. The molecule has 0 amide bonds. The maximum Gasteiger partial charge on any atom is 0.303 e. The molecule has 0 spiro atoms. The second-order valence-corrected chi connectivity index (χ2v) is 5.22. The van der Waals surface area contributed by atoms with E-state index in [4.69, 9.17) is 5.11 Å². The third-order valence-electron chi connectivity index (χ3n) is 3.19. The molecule has 0 aliphatic heterocycles. The second-order valence-electron chi connectivity index (χ2n) is 5.22. The summed E-state index contributed by atoms with van der Waals surface area (Å²) >= 11 is 0. The molecule has 22 heavy (non-hydrogen) atoms. The van der Waals surface area contributed by atoms with Crippen molar-refractivity contribution in [2.24, 2.45) is 0 Å². The van der Waals surface area contributed by atoms with Crippen molar-refractivity contribution in [1.82, 2.24) is 0 Å². The van der Waals surface area contributed by atoms with Crippen LogP contribution in [0.3, 0.4) is 0 Å². The molecule has 4 nitrogen and oxygen atoms in total. The monoisotopic (exact) mass is 308 g/mol. The van der Waals surface area contributed by atoms with Gasteiger partial charge in [-0.05, 0) is 18.9 Å². The Bertz CT molecular complexity index is 394. The zero-order chi connectivity index (χ0) is 16.6. The highest BCUT2D eigenvalue weighted by Crippen LogP contribution is 2.09. The SMILES string of the molecule is CCC(=O)/C=C/C=C\C=C\[C@@H](O)CCCCCCCC(=O)O. The fourth-order valence-corrected chi connectivity index (χ4v) is 1.86. The molecule has 0 fully saturated rings. The van der Waals surface area contributed by atoms with Gasteiger partial charge in [0, 0.05) is 12.8 Å². The molecule has 0 aromatic rings. The van der Waals surface area contributed by atoms with Crippen molar-refractivity contribution in [3.63, 3.8) is 0 Å². The van der Waals surface area contributed by atoms with Gasteiger partial charge in [0.2, 0.25) is 0 Å². The van der Waals surface area contributed by atoms with Gasteiger partial charge in [-0.3, -0.25) is 9.59 Å². The van der Waals surface area contributed by atoms with E-state index >= 15 is 0 Å². The summed E-state index contributed by atoms with van der Waals surface area (Å²) in [6.07, 6.45) is 15.9. The van der Waals surface area contributed by atoms with Gasteiger partial charge in [-0.15, -0.1) is 0 Å². The van der Waals surface area contributed by atoms with E-state index < -0.39 is 12.1 Å². The third-order valence-corrected chi connectivity index (χ3v) is 3.19. The predicted molar refractivity (Wildman–Crippen MR) is 88.7 cm³/mol. The van der Waals surface area contributed by atoms with E-state index in [2.05, 4.69) is 0 Å². The largest absolute Gasteiger partial charge is 0.481 e. The predicted octanol–water partition coefficient (Wildman–Crippen LogP) is 3.81. The average molecular weight is 308 g/mol. The lowest BCUT2D eigenvalue weighted by atomic mass is 10.1. The number of allylic oxidation sites excluding steroid dienone is 5. The minimum Gasteiger partial charge on any atom is -0.481 e. The van der Waals surface area contributed by atoms with Crippen LogP contribution in [-0.2, 0) is 9.59 Å². The molecule has 0 saturated carbocycles. The Labute approximate surface area is 133 Å². The van der Waals surface area contributed by atoms with Crippen LogP contribution in [0.2, 0.25) is 0 Å². The fraction of sp³-hybridized carbons (Fsp3) is 0.556. The molecule has 0 rings (SSSR count). The molecule has 0 heterocycles. The first-order valence-electron chi connectivity index (χ1n) is 8.00. The molecule has 124 valence electrons. The summed E-state index contributed by atoms with van der Waals surface area (Å²) in [7, 11) is 0. The molecule has 4 heteroatoms. The number of aliphatic carboxylic acids is 1. The van der Waals surface area contributed by atoms with Gasteiger partial charge in [0.25, 0.3) is 0 Å². The van der Waals surface area contributed by atoms with Gasteiger partial charge in [-0.1, -0.05) is 63.0 Å². The Morgan fingerprint density at radius 3 is 2.27 bits per heavy atom. The molecule has 2 N–H and O–H groups in total. The van der Waals surface area contributed by atoms with Crippen molar-refractivity contribution >= 4 is 11.8 Å². The number of hydrogen-bond donors (Lipinski definition) is 2. The first kappa shape index (κ1) is 20.3.